The summed E-state index contributed by atoms with van der Waals surface area (Å²) in [6, 6.07) is 9.85. The predicted molar refractivity (Wildman–Crippen MR) is 119 cm³/mol. The molecule has 2 N–H and O–H groups in total. The number of rotatable bonds is 4. The van der Waals surface area contributed by atoms with Gasteiger partial charge in [-0.15, -0.1) is 0 Å². The summed E-state index contributed by atoms with van der Waals surface area (Å²) in [7, 11) is 3.13. The average molecular weight is 468 g/mol. The molecule has 8 nitrogen and oxygen atoms in total. The van der Waals surface area contributed by atoms with E-state index < -0.39 is 17.6 Å². The summed E-state index contributed by atoms with van der Waals surface area (Å²) < 4.78 is 40.1. The van der Waals surface area contributed by atoms with Crippen LogP contribution in [0.15, 0.2) is 48.7 Å². The Hall–Kier alpha value is -4.28. The van der Waals surface area contributed by atoms with Crippen molar-refractivity contribution >= 4 is 28.4 Å². The predicted octanol–water partition coefficient (Wildman–Crippen LogP) is 3.73. The van der Waals surface area contributed by atoms with Crippen LogP contribution in [0.5, 0.6) is 0 Å². The van der Waals surface area contributed by atoms with Crippen molar-refractivity contribution in [1.82, 2.24) is 19.7 Å². The van der Waals surface area contributed by atoms with Gasteiger partial charge in [0.05, 0.1) is 11.1 Å². The van der Waals surface area contributed by atoms with E-state index in [0.29, 0.717) is 22.6 Å². The van der Waals surface area contributed by atoms with Gasteiger partial charge in [-0.2, -0.15) is 18.3 Å². The van der Waals surface area contributed by atoms with Gasteiger partial charge in [0.1, 0.15) is 5.69 Å². The fourth-order valence-corrected chi connectivity index (χ4v) is 3.59. The number of hydrogen-bond acceptors (Lipinski definition) is 5. The quantitative estimate of drug-likeness (QED) is 0.491. The summed E-state index contributed by atoms with van der Waals surface area (Å²) in [5.41, 5.74) is 7.02. The standard InChI is InChI=1S/C23H19F3N6O2/c1-12-8-13(21-28-11-14-9-15(23(24,25)26)5-6-16(14)29-21)4-7-18(12)31(2)22(34)19-10-17(20(27)33)30-32(19)3/h4-11H,1-3H3,(H2,27,33). The number of alkyl halides is 3. The molecule has 11 heteroatoms. The van der Waals surface area contributed by atoms with Gasteiger partial charge in [0.15, 0.2) is 11.5 Å². The zero-order valence-electron chi connectivity index (χ0n) is 18.4. The molecule has 0 bridgehead atoms. The second-order valence-electron chi connectivity index (χ2n) is 7.73. The maximum atomic E-state index is 13.0. The Morgan fingerprint density at radius 2 is 1.82 bits per heavy atom. The van der Waals surface area contributed by atoms with Crippen molar-refractivity contribution < 1.29 is 22.8 Å². The van der Waals surface area contributed by atoms with Crippen LogP contribution < -0.4 is 10.6 Å². The van der Waals surface area contributed by atoms with Crippen molar-refractivity contribution in [2.45, 2.75) is 13.1 Å². The first-order valence-corrected chi connectivity index (χ1v) is 10.0. The van der Waals surface area contributed by atoms with Crippen LogP contribution in [0.1, 0.15) is 32.1 Å². The number of carbonyl (C=O) groups excluding carboxylic acids is 2. The minimum absolute atomic E-state index is 0.0119. The summed E-state index contributed by atoms with van der Waals surface area (Å²) in [6.07, 6.45) is -3.09. The Morgan fingerprint density at radius 3 is 2.44 bits per heavy atom. The van der Waals surface area contributed by atoms with Crippen molar-refractivity contribution in [1.29, 1.82) is 0 Å². The lowest BCUT2D eigenvalue weighted by molar-refractivity contribution is -0.137. The molecule has 4 rings (SSSR count). The minimum atomic E-state index is -4.44. The molecule has 0 fully saturated rings. The minimum Gasteiger partial charge on any atom is -0.364 e. The first kappa shape index (κ1) is 22.9. The van der Waals surface area contributed by atoms with Crippen LogP contribution in [0.4, 0.5) is 18.9 Å². The van der Waals surface area contributed by atoms with E-state index in [4.69, 9.17) is 5.73 Å². The molecule has 0 saturated carbocycles. The van der Waals surface area contributed by atoms with E-state index in [2.05, 4.69) is 15.1 Å². The van der Waals surface area contributed by atoms with Gasteiger partial charge in [-0.25, -0.2) is 9.97 Å². The number of aromatic nitrogens is 4. The van der Waals surface area contributed by atoms with Crippen LogP contribution in [0, 0.1) is 6.92 Å². The fraction of sp³-hybridized carbons (Fsp3) is 0.174. The number of primary amides is 1. The zero-order chi connectivity index (χ0) is 24.8. The fourth-order valence-electron chi connectivity index (χ4n) is 3.59. The molecule has 4 aromatic rings. The van der Waals surface area contributed by atoms with Gasteiger partial charge in [0.2, 0.25) is 0 Å². The Balaban J connectivity index is 1.63. The Kier molecular flexibility index (Phi) is 5.56. The normalized spacial score (nSPS) is 11.6. The summed E-state index contributed by atoms with van der Waals surface area (Å²) in [5.74, 6) is -0.780. The molecule has 0 aliphatic carbocycles. The molecule has 0 radical (unpaired) electrons. The third-order valence-electron chi connectivity index (χ3n) is 5.38. The molecule has 0 spiro atoms. The third kappa shape index (κ3) is 4.19. The summed E-state index contributed by atoms with van der Waals surface area (Å²) in [6.45, 7) is 1.80. The van der Waals surface area contributed by atoms with E-state index in [1.165, 1.54) is 35.0 Å². The van der Waals surface area contributed by atoms with Gasteiger partial charge < -0.3 is 10.6 Å². The second-order valence-corrected chi connectivity index (χ2v) is 7.73. The van der Waals surface area contributed by atoms with Gasteiger partial charge in [0, 0.05) is 43.0 Å². The molecule has 0 aliphatic rings. The Labute approximate surface area is 191 Å². The van der Waals surface area contributed by atoms with E-state index in [9.17, 15) is 22.8 Å². The molecule has 2 aromatic carbocycles. The molecule has 2 heterocycles. The SMILES string of the molecule is Cc1cc(-c2ncc3cc(C(F)(F)F)ccc3n2)ccc1N(C)C(=O)c1cc(C(N)=O)nn1C. The number of carbonyl (C=O) groups is 2. The van der Waals surface area contributed by atoms with E-state index >= 15 is 0 Å². The zero-order valence-corrected chi connectivity index (χ0v) is 18.4. The largest absolute Gasteiger partial charge is 0.416 e. The van der Waals surface area contributed by atoms with E-state index in [1.54, 1.807) is 32.2 Å². The molecule has 0 aliphatic heterocycles. The summed E-state index contributed by atoms with van der Waals surface area (Å²) >= 11 is 0. The Bertz CT molecular complexity index is 1440. The average Bonchev–Trinajstić information content (AvgIpc) is 3.18. The van der Waals surface area contributed by atoms with Crippen molar-refractivity contribution in [2.75, 3.05) is 11.9 Å². The number of hydrogen-bond donors (Lipinski definition) is 1. The summed E-state index contributed by atoms with van der Waals surface area (Å²) in [5, 5.41) is 4.22. The van der Waals surface area contributed by atoms with Gasteiger partial charge in [-0.3, -0.25) is 14.3 Å². The molecule has 174 valence electrons. The first-order valence-electron chi connectivity index (χ1n) is 10.0. The van der Waals surface area contributed by atoms with E-state index in [0.717, 1.165) is 17.7 Å². The number of benzene rings is 2. The number of fused-ring (bicyclic) bond motifs is 1. The topological polar surface area (TPSA) is 107 Å². The maximum absolute atomic E-state index is 13.0. The lowest BCUT2D eigenvalue weighted by atomic mass is 10.1. The van der Waals surface area contributed by atoms with Crippen LogP contribution in [0.2, 0.25) is 0 Å². The van der Waals surface area contributed by atoms with E-state index in [-0.39, 0.29) is 22.7 Å². The van der Waals surface area contributed by atoms with Crippen LogP contribution in [-0.4, -0.2) is 38.6 Å². The Morgan fingerprint density at radius 1 is 1.09 bits per heavy atom. The highest BCUT2D eigenvalue weighted by atomic mass is 19.4. The van der Waals surface area contributed by atoms with Crippen molar-refractivity contribution in [3.05, 3.63) is 71.2 Å². The number of nitrogens with two attached hydrogens (primary N) is 1. The van der Waals surface area contributed by atoms with Crippen LogP contribution >= 0.6 is 0 Å². The van der Waals surface area contributed by atoms with Gasteiger partial charge in [-0.1, -0.05) is 0 Å². The van der Waals surface area contributed by atoms with Crippen molar-refractivity contribution in [2.24, 2.45) is 12.8 Å². The molecule has 0 atom stereocenters. The highest BCUT2D eigenvalue weighted by Gasteiger charge is 2.30. The second kappa shape index (κ2) is 8.25. The third-order valence-corrected chi connectivity index (χ3v) is 5.38. The number of anilines is 1. The lowest BCUT2D eigenvalue weighted by Gasteiger charge is -2.20. The summed E-state index contributed by atoms with van der Waals surface area (Å²) in [4.78, 5) is 34.3. The molecular weight excluding hydrogens is 449 g/mol. The smallest absolute Gasteiger partial charge is 0.364 e. The van der Waals surface area contributed by atoms with Crippen molar-refractivity contribution in [3.63, 3.8) is 0 Å². The maximum Gasteiger partial charge on any atom is 0.416 e. The number of halogens is 3. The van der Waals surface area contributed by atoms with Crippen molar-refractivity contribution in [3.8, 4) is 11.4 Å². The molecule has 0 unspecified atom stereocenters. The van der Waals surface area contributed by atoms with Crippen LogP contribution in [0.3, 0.4) is 0 Å². The van der Waals surface area contributed by atoms with Crippen LogP contribution in [-0.2, 0) is 13.2 Å². The monoisotopic (exact) mass is 468 g/mol. The van der Waals surface area contributed by atoms with Gasteiger partial charge in [-0.05, 0) is 48.9 Å². The highest BCUT2D eigenvalue weighted by Crippen LogP contribution is 2.32. The highest BCUT2D eigenvalue weighted by molar-refractivity contribution is 6.06. The van der Waals surface area contributed by atoms with E-state index in [1.807, 2.05) is 0 Å². The van der Waals surface area contributed by atoms with Gasteiger partial charge >= 0.3 is 6.18 Å². The van der Waals surface area contributed by atoms with Gasteiger partial charge in [0.25, 0.3) is 11.8 Å². The molecule has 34 heavy (non-hydrogen) atoms. The number of nitrogens with zero attached hydrogens (tertiary/aromatic N) is 5. The molecular formula is C23H19F3N6O2. The molecule has 2 aromatic heterocycles. The number of amides is 2. The first-order chi connectivity index (χ1) is 16.0. The lowest BCUT2D eigenvalue weighted by Crippen LogP contribution is -2.28. The molecule has 0 saturated heterocycles. The molecule has 2 amide bonds. The van der Waals surface area contributed by atoms with Crippen LogP contribution in [0.25, 0.3) is 22.3 Å². The number of aryl methyl sites for hydroxylation is 2.